The van der Waals surface area contributed by atoms with Gasteiger partial charge in [0.1, 0.15) is 5.75 Å². The Morgan fingerprint density at radius 1 is 1.28 bits per heavy atom. The Bertz CT molecular complexity index is 392. The summed E-state index contributed by atoms with van der Waals surface area (Å²) in [5.74, 6) is 0.959. The lowest BCUT2D eigenvalue weighted by Gasteiger charge is -2.19. The van der Waals surface area contributed by atoms with Crippen LogP contribution in [0.1, 0.15) is 24.8 Å². The molecule has 18 heavy (non-hydrogen) atoms. The zero-order valence-electron chi connectivity index (χ0n) is 11.7. The quantitative estimate of drug-likeness (QED) is 0.890. The van der Waals surface area contributed by atoms with Crippen LogP contribution in [0.3, 0.4) is 0 Å². The van der Waals surface area contributed by atoms with E-state index in [9.17, 15) is 0 Å². The van der Waals surface area contributed by atoms with E-state index in [1.165, 1.54) is 43.6 Å². The summed E-state index contributed by atoms with van der Waals surface area (Å²) in [6, 6.07) is 6.93. The van der Waals surface area contributed by atoms with Crippen molar-refractivity contribution in [1.29, 1.82) is 0 Å². The molecule has 0 bridgehead atoms. The molecule has 0 amide bonds. The van der Waals surface area contributed by atoms with Crippen molar-refractivity contribution in [1.82, 2.24) is 4.90 Å². The van der Waals surface area contributed by atoms with Gasteiger partial charge in [0.25, 0.3) is 0 Å². The Morgan fingerprint density at radius 3 is 2.83 bits per heavy atom. The first kappa shape index (κ1) is 13.2. The molecule has 0 saturated carbocycles. The fourth-order valence-electron chi connectivity index (χ4n) is 2.59. The molecule has 0 aromatic heterocycles. The lowest BCUT2D eigenvalue weighted by Crippen LogP contribution is -2.23. The standard InChI is InChI=1S/C15H24N2O/c1-12-11-14(6-7-15(12)18-3)16-13-5-4-9-17(2)10-8-13/h6-7,11,13,16H,4-5,8-10H2,1-3H3. The highest BCUT2D eigenvalue weighted by Gasteiger charge is 2.14. The predicted molar refractivity (Wildman–Crippen MR) is 76.5 cm³/mol. The van der Waals surface area contributed by atoms with E-state index in [-0.39, 0.29) is 0 Å². The van der Waals surface area contributed by atoms with E-state index < -0.39 is 0 Å². The second kappa shape index (κ2) is 6.10. The SMILES string of the molecule is COc1ccc(NC2CCCN(C)CC2)cc1C. The Morgan fingerprint density at radius 2 is 2.11 bits per heavy atom. The summed E-state index contributed by atoms with van der Waals surface area (Å²) in [7, 11) is 3.93. The molecule has 1 atom stereocenters. The Kier molecular flexibility index (Phi) is 4.48. The number of aryl methyl sites for hydroxylation is 1. The minimum Gasteiger partial charge on any atom is -0.496 e. The van der Waals surface area contributed by atoms with Crippen molar-refractivity contribution < 1.29 is 4.74 Å². The van der Waals surface area contributed by atoms with Gasteiger partial charge in [-0.1, -0.05) is 0 Å². The number of methoxy groups -OCH3 is 1. The molecule has 100 valence electrons. The van der Waals surface area contributed by atoms with Crippen LogP contribution in [-0.2, 0) is 0 Å². The molecule has 3 heteroatoms. The topological polar surface area (TPSA) is 24.5 Å². The third-order valence-electron chi connectivity index (χ3n) is 3.72. The van der Waals surface area contributed by atoms with E-state index in [0.717, 1.165) is 5.75 Å². The molecule has 0 radical (unpaired) electrons. The average molecular weight is 248 g/mol. The van der Waals surface area contributed by atoms with Crippen molar-refractivity contribution in [3.05, 3.63) is 23.8 Å². The molecule has 1 unspecified atom stereocenters. The third-order valence-corrected chi connectivity index (χ3v) is 3.72. The summed E-state index contributed by atoms with van der Waals surface area (Å²) in [5, 5.41) is 3.65. The maximum Gasteiger partial charge on any atom is 0.121 e. The van der Waals surface area contributed by atoms with Crippen molar-refractivity contribution in [3.8, 4) is 5.75 Å². The molecule has 2 rings (SSSR count). The van der Waals surface area contributed by atoms with E-state index in [1.807, 2.05) is 6.07 Å². The first-order valence-electron chi connectivity index (χ1n) is 6.79. The summed E-state index contributed by atoms with van der Waals surface area (Å²) in [5.41, 5.74) is 2.40. The van der Waals surface area contributed by atoms with Gasteiger partial charge in [-0.2, -0.15) is 0 Å². The lowest BCUT2D eigenvalue weighted by atomic mass is 10.1. The second-order valence-corrected chi connectivity index (χ2v) is 5.26. The maximum absolute atomic E-state index is 5.29. The number of likely N-dealkylation sites (tertiary alicyclic amines) is 1. The summed E-state index contributed by atoms with van der Waals surface area (Å²) in [6.07, 6.45) is 3.76. The smallest absolute Gasteiger partial charge is 0.121 e. The zero-order valence-corrected chi connectivity index (χ0v) is 11.7. The highest BCUT2D eigenvalue weighted by atomic mass is 16.5. The second-order valence-electron chi connectivity index (χ2n) is 5.26. The molecule has 1 N–H and O–H groups in total. The van der Waals surface area contributed by atoms with Gasteiger partial charge in [-0.05, 0) is 70.1 Å². The van der Waals surface area contributed by atoms with Crippen LogP contribution in [0.5, 0.6) is 5.75 Å². The molecule has 1 fully saturated rings. The first-order valence-corrected chi connectivity index (χ1v) is 6.79. The van der Waals surface area contributed by atoms with Gasteiger partial charge in [-0.3, -0.25) is 0 Å². The fourth-order valence-corrected chi connectivity index (χ4v) is 2.59. The van der Waals surface area contributed by atoms with E-state index in [2.05, 4.69) is 36.3 Å². The highest BCUT2D eigenvalue weighted by Crippen LogP contribution is 2.23. The summed E-state index contributed by atoms with van der Waals surface area (Å²) < 4.78 is 5.29. The number of hydrogen-bond donors (Lipinski definition) is 1. The molecule has 1 aromatic carbocycles. The first-order chi connectivity index (χ1) is 8.69. The van der Waals surface area contributed by atoms with Gasteiger partial charge in [0.15, 0.2) is 0 Å². The molecule has 1 aliphatic heterocycles. The molecular weight excluding hydrogens is 224 g/mol. The number of benzene rings is 1. The molecule has 0 aliphatic carbocycles. The Balaban J connectivity index is 1.98. The van der Waals surface area contributed by atoms with Crippen LogP contribution in [0.15, 0.2) is 18.2 Å². The van der Waals surface area contributed by atoms with Gasteiger partial charge in [-0.25, -0.2) is 0 Å². The van der Waals surface area contributed by atoms with E-state index in [4.69, 9.17) is 4.74 Å². The average Bonchev–Trinajstić information content (AvgIpc) is 2.55. The summed E-state index contributed by atoms with van der Waals surface area (Å²) in [4.78, 5) is 2.42. The van der Waals surface area contributed by atoms with Gasteiger partial charge in [0.05, 0.1) is 7.11 Å². The fraction of sp³-hybridized carbons (Fsp3) is 0.600. The molecule has 1 aromatic rings. The molecule has 0 spiro atoms. The van der Waals surface area contributed by atoms with Crippen LogP contribution in [0.25, 0.3) is 0 Å². The van der Waals surface area contributed by atoms with Crippen molar-refractivity contribution in [3.63, 3.8) is 0 Å². The van der Waals surface area contributed by atoms with E-state index >= 15 is 0 Å². The monoisotopic (exact) mass is 248 g/mol. The molecule has 1 aliphatic rings. The van der Waals surface area contributed by atoms with Crippen LogP contribution in [0, 0.1) is 6.92 Å². The minimum atomic E-state index is 0.600. The van der Waals surface area contributed by atoms with Gasteiger partial charge < -0.3 is 15.0 Å². The zero-order chi connectivity index (χ0) is 13.0. The van der Waals surface area contributed by atoms with Crippen LogP contribution >= 0.6 is 0 Å². The summed E-state index contributed by atoms with van der Waals surface area (Å²) >= 11 is 0. The van der Waals surface area contributed by atoms with Gasteiger partial charge >= 0.3 is 0 Å². The Hall–Kier alpha value is -1.22. The van der Waals surface area contributed by atoms with Crippen LogP contribution in [0.2, 0.25) is 0 Å². The number of ether oxygens (including phenoxy) is 1. The molecular formula is C15H24N2O. The number of hydrogen-bond acceptors (Lipinski definition) is 3. The van der Waals surface area contributed by atoms with Crippen LogP contribution < -0.4 is 10.1 Å². The van der Waals surface area contributed by atoms with E-state index in [1.54, 1.807) is 7.11 Å². The minimum absolute atomic E-state index is 0.600. The predicted octanol–water partition coefficient (Wildman–Crippen LogP) is 2.90. The van der Waals surface area contributed by atoms with Crippen LogP contribution in [0.4, 0.5) is 5.69 Å². The van der Waals surface area contributed by atoms with Crippen molar-refractivity contribution in [2.45, 2.75) is 32.2 Å². The molecule has 1 saturated heterocycles. The van der Waals surface area contributed by atoms with Crippen LogP contribution in [-0.4, -0.2) is 38.2 Å². The number of anilines is 1. The van der Waals surface area contributed by atoms with E-state index in [0.29, 0.717) is 6.04 Å². The lowest BCUT2D eigenvalue weighted by molar-refractivity contribution is 0.348. The molecule has 1 heterocycles. The highest BCUT2D eigenvalue weighted by molar-refractivity contribution is 5.51. The van der Waals surface area contributed by atoms with Gasteiger partial charge in [0, 0.05) is 11.7 Å². The normalized spacial score (nSPS) is 21.4. The molecule has 3 nitrogen and oxygen atoms in total. The van der Waals surface area contributed by atoms with Crippen molar-refractivity contribution >= 4 is 5.69 Å². The summed E-state index contributed by atoms with van der Waals surface area (Å²) in [6.45, 7) is 4.50. The largest absolute Gasteiger partial charge is 0.496 e. The van der Waals surface area contributed by atoms with Crippen molar-refractivity contribution in [2.24, 2.45) is 0 Å². The van der Waals surface area contributed by atoms with Gasteiger partial charge in [-0.15, -0.1) is 0 Å². The third kappa shape index (κ3) is 3.39. The number of nitrogens with zero attached hydrogens (tertiary/aromatic N) is 1. The van der Waals surface area contributed by atoms with Crippen molar-refractivity contribution in [2.75, 3.05) is 32.6 Å². The number of rotatable bonds is 3. The van der Waals surface area contributed by atoms with Gasteiger partial charge in [0.2, 0.25) is 0 Å². The maximum atomic E-state index is 5.29. The Labute approximate surface area is 110 Å². The number of nitrogens with one attached hydrogen (secondary N) is 1.